The van der Waals surface area contributed by atoms with E-state index in [1.54, 1.807) is 11.3 Å². The summed E-state index contributed by atoms with van der Waals surface area (Å²) in [5, 5.41) is 8.63. The van der Waals surface area contributed by atoms with Crippen LogP contribution in [0.15, 0.2) is 4.99 Å². The average Bonchev–Trinajstić information content (AvgIpc) is 2.59. The van der Waals surface area contributed by atoms with Crippen molar-refractivity contribution in [3.63, 3.8) is 0 Å². The van der Waals surface area contributed by atoms with Crippen molar-refractivity contribution in [2.24, 2.45) is 4.99 Å². The van der Waals surface area contributed by atoms with E-state index in [-0.39, 0.29) is 0 Å². The van der Waals surface area contributed by atoms with E-state index in [9.17, 15) is 0 Å². The number of rotatable bonds is 2. The smallest absolute Gasteiger partial charge is 0.124 e. The second-order valence-corrected chi connectivity index (χ2v) is 4.40. The van der Waals surface area contributed by atoms with Gasteiger partial charge in [-0.2, -0.15) is 0 Å². The van der Waals surface area contributed by atoms with Crippen molar-refractivity contribution in [3.05, 3.63) is 16.0 Å². The maximum absolute atomic E-state index is 7.68. The highest BCUT2D eigenvalue weighted by atomic mass is 32.1. The summed E-state index contributed by atoms with van der Waals surface area (Å²) in [6.45, 7) is 5.38. The Bertz CT molecular complexity index is 377. The van der Waals surface area contributed by atoms with Crippen molar-refractivity contribution >= 4 is 28.8 Å². The van der Waals surface area contributed by atoms with Crippen LogP contribution in [-0.2, 0) is 12.8 Å². The Kier molecular flexibility index (Phi) is 2.04. The molecule has 1 aromatic heterocycles. The van der Waals surface area contributed by atoms with Gasteiger partial charge in [0.2, 0.25) is 0 Å². The molecule has 0 amide bonds. The molecule has 3 heteroatoms. The predicted octanol–water partition coefficient (Wildman–Crippen LogP) is 2.96. The third-order valence-electron chi connectivity index (χ3n) is 2.42. The van der Waals surface area contributed by atoms with Gasteiger partial charge in [-0.3, -0.25) is 4.99 Å². The molecule has 1 aliphatic rings. The Morgan fingerprint density at radius 3 is 2.92 bits per heavy atom. The maximum atomic E-state index is 7.68. The molecule has 0 saturated carbocycles. The lowest BCUT2D eigenvalue weighted by molar-refractivity contribution is 0.914. The number of fused-ring (bicyclic) bond motifs is 1. The number of thiophene rings is 1. The molecule has 0 fully saturated rings. The number of hydrogen-bond donors (Lipinski definition) is 1. The van der Waals surface area contributed by atoms with Crippen LogP contribution in [0.2, 0.25) is 0 Å². The molecule has 1 heterocycles. The van der Waals surface area contributed by atoms with Crippen LogP contribution in [0.1, 0.15) is 29.3 Å². The Balaban J connectivity index is 2.62. The minimum atomic E-state index is 0.627. The molecule has 0 aromatic carbocycles. The quantitative estimate of drug-likeness (QED) is 0.699. The van der Waals surface area contributed by atoms with Crippen molar-refractivity contribution in [2.45, 2.75) is 26.2 Å². The molecule has 0 atom stereocenters. The molecule has 68 valence electrons. The van der Waals surface area contributed by atoms with Gasteiger partial charge in [0.05, 0.1) is 0 Å². The van der Waals surface area contributed by atoms with Crippen molar-refractivity contribution in [2.75, 3.05) is 0 Å². The third-order valence-corrected chi connectivity index (χ3v) is 3.64. The molecule has 0 spiro atoms. The van der Waals surface area contributed by atoms with Crippen LogP contribution in [0.25, 0.3) is 0 Å². The molecule has 0 saturated heterocycles. The van der Waals surface area contributed by atoms with Gasteiger partial charge < -0.3 is 5.41 Å². The van der Waals surface area contributed by atoms with Gasteiger partial charge in [0, 0.05) is 16.2 Å². The summed E-state index contributed by atoms with van der Waals surface area (Å²) >= 11 is 1.71. The van der Waals surface area contributed by atoms with E-state index in [4.69, 9.17) is 5.41 Å². The molecule has 0 bridgehead atoms. The molecule has 2 rings (SSSR count). The van der Waals surface area contributed by atoms with Crippen LogP contribution in [-0.4, -0.2) is 12.4 Å². The van der Waals surface area contributed by atoms with E-state index >= 15 is 0 Å². The number of hydrogen-bond acceptors (Lipinski definition) is 3. The summed E-state index contributed by atoms with van der Waals surface area (Å²) in [7, 11) is 0. The zero-order valence-corrected chi connectivity index (χ0v) is 8.50. The summed E-state index contributed by atoms with van der Waals surface area (Å²) in [6, 6.07) is 0. The van der Waals surface area contributed by atoms with Gasteiger partial charge in [-0.25, -0.2) is 0 Å². The first-order valence-corrected chi connectivity index (χ1v) is 5.22. The van der Waals surface area contributed by atoms with Crippen LogP contribution < -0.4 is 0 Å². The summed E-state index contributed by atoms with van der Waals surface area (Å²) in [6.07, 6.45) is 3.52. The summed E-state index contributed by atoms with van der Waals surface area (Å²) in [4.78, 5) is 5.40. The van der Waals surface area contributed by atoms with Crippen molar-refractivity contribution in [1.82, 2.24) is 0 Å². The fraction of sp³-hybridized carbons (Fsp3) is 0.400. The average molecular weight is 192 g/mol. The first-order valence-electron chi connectivity index (χ1n) is 4.41. The van der Waals surface area contributed by atoms with Crippen molar-refractivity contribution in [3.8, 4) is 0 Å². The fourth-order valence-corrected chi connectivity index (χ4v) is 3.14. The monoisotopic (exact) mass is 192 g/mol. The predicted molar refractivity (Wildman–Crippen MR) is 58.1 cm³/mol. The number of aryl methyl sites for hydroxylation is 1. The number of aliphatic imine (C=N–C) groups is 1. The molecule has 0 unspecified atom stereocenters. The lowest BCUT2D eigenvalue weighted by Crippen LogP contribution is -1.94. The standard InChI is InChI=1S/C10H12N2S/c1-6(11)9-7-4-3-5-8(7)13-10(9)12-2/h11H,2-5H2,1H3. The van der Waals surface area contributed by atoms with E-state index < -0.39 is 0 Å². The molecular formula is C10H12N2S. The lowest BCUT2D eigenvalue weighted by Gasteiger charge is -1.99. The molecule has 1 aromatic rings. The Morgan fingerprint density at radius 1 is 1.54 bits per heavy atom. The van der Waals surface area contributed by atoms with Crippen LogP contribution in [0.4, 0.5) is 5.00 Å². The van der Waals surface area contributed by atoms with Gasteiger partial charge in [0.15, 0.2) is 0 Å². The Labute approximate surface area is 81.8 Å². The van der Waals surface area contributed by atoms with Gasteiger partial charge in [0.1, 0.15) is 5.00 Å². The van der Waals surface area contributed by atoms with E-state index in [1.807, 2.05) is 6.92 Å². The van der Waals surface area contributed by atoms with E-state index in [1.165, 1.54) is 16.9 Å². The van der Waals surface area contributed by atoms with E-state index in [2.05, 4.69) is 11.7 Å². The van der Waals surface area contributed by atoms with Crippen molar-refractivity contribution < 1.29 is 0 Å². The van der Waals surface area contributed by atoms with Crippen LogP contribution >= 0.6 is 11.3 Å². The van der Waals surface area contributed by atoms with E-state index in [0.717, 1.165) is 23.4 Å². The first-order chi connectivity index (χ1) is 6.24. The van der Waals surface area contributed by atoms with Crippen LogP contribution in [0.3, 0.4) is 0 Å². The lowest BCUT2D eigenvalue weighted by atomic mass is 10.1. The van der Waals surface area contributed by atoms with Gasteiger partial charge in [0.25, 0.3) is 0 Å². The van der Waals surface area contributed by atoms with Crippen molar-refractivity contribution in [1.29, 1.82) is 5.41 Å². The number of nitrogens with one attached hydrogen (secondary N) is 1. The SMILES string of the molecule is C=Nc1sc2c(c1C(C)=N)CCC2. The summed E-state index contributed by atoms with van der Waals surface area (Å²) in [5.41, 5.74) is 3.04. The molecule has 0 radical (unpaired) electrons. The van der Waals surface area contributed by atoms with Gasteiger partial charge in [-0.15, -0.1) is 11.3 Å². The molecular weight excluding hydrogens is 180 g/mol. The minimum Gasteiger partial charge on any atom is -0.305 e. The zero-order chi connectivity index (χ0) is 9.42. The molecule has 2 nitrogen and oxygen atoms in total. The second kappa shape index (κ2) is 3.07. The minimum absolute atomic E-state index is 0.627. The second-order valence-electron chi connectivity index (χ2n) is 3.32. The van der Waals surface area contributed by atoms with Gasteiger partial charge in [-0.1, -0.05) is 0 Å². The Morgan fingerprint density at radius 2 is 2.31 bits per heavy atom. The zero-order valence-electron chi connectivity index (χ0n) is 7.68. The summed E-state index contributed by atoms with van der Waals surface area (Å²) in [5.74, 6) is 0. The molecule has 13 heavy (non-hydrogen) atoms. The normalized spacial score (nSPS) is 14.2. The third kappa shape index (κ3) is 1.23. The molecule has 0 aliphatic heterocycles. The molecule has 1 aliphatic carbocycles. The van der Waals surface area contributed by atoms with Gasteiger partial charge in [-0.05, 0) is 38.5 Å². The first kappa shape index (κ1) is 8.63. The Hall–Kier alpha value is -0.960. The molecule has 1 N–H and O–H groups in total. The van der Waals surface area contributed by atoms with Gasteiger partial charge >= 0.3 is 0 Å². The van der Waals surface area contributed by atoms with Crippen LogP contribution in [0.5, 0.6) is 0 Å². The maximum Gasteiger partial charge on any atom is 0.124 e. The fourth-order valence-electron chi connectivity index (χ4n) is 1.89. The highest BCUT2D eigenvalue weighted by Gasteiger charge is 2.22. The van der Waals surface area contributed by atoms with E-state index in [0.29, 0.717) is 5.71 Å². The number of nitrogens with zero attached hydrogens (tertiary/aromatic N) is 1. The largest absolute Gasteiger partial charge is 0.305 e. The topological polar surface area (TPSA) is 36.2 Å². The highest BCUT2D eigenvalue weighted by Crippen LogP contribution is 2.40. The summed E-state index contributed by atoms with van der Waals surface area (Å²) < 4.78 is 0. The highest BCUT2D eigenvalue weighted by molar-refractivity contribution is 7.16. The van der Waals surface area contributed by atoms with Crippen LogP contribution in [0, 0.1) is 5.41 Å².